The molecular formula is C16H28N2O. The summed E-state index contributed by atoms with van der Waals surface area (Å²) in [4.78, 5) is 2.63. The van der Waals surface area contributed by atoms with Gasteiger partial charge in [0.05, 0.1) is 11.7 Å². The number of rotatable bonds is 3. The van der Waals surface area contributed by atoms with E-state index in [1.54, 1.807) is 0 Å². The zero-order chi connectivity index (χ0) is 12.7. The van der Waals surface area contributed by atoms with Gasteiger partial charge in [0.1, 0.15) is 0 Å². The molecule has 0 aromatic heterocycles. The van der Waals surface area contributed by atoms with Crippen LogP contribution in [-0.2, 0) is 4.74 Å². The molecule has 0 radical (unpaired) electrons. The van der Waals surface area contributed by atoms with E-state index in [1.807, 2.05) is 0 Å². The molecule has 0 amide bonds. The van der Waals surface area contributed by atoms with Crippen LogP contribution in [0.3, 0.4) is 0 Å². The molecule has 1 saturated carbocycles. The van der Waals surface area contributed by atoms with Crippen LogP contribution in [0.1, 0.15) is 51.4 Å². The van der Waals surface area contributed by atoms with Gasteiger partial charge in [0.15, 0.2) is 0 Å². The van der Waals surface area contributed by atoms with Crippen LogP contribution in [0, 0.1) is 5.92 Å². The normalized spacial score (nSPS) is 44.2. The molecule has 0 aromatic carbocycles. The average Bonchev–Trinajstić information content (AvgIpc) is 3.09. The second kappa shape index (κ2) is 5.01. The molecule has 0 aromatic rings. The first-order valence-corrected chi connectivity index (χ1v) is 8.47. The molecule has 3 heteroatoms. The molecule has 108 valence electrons. The molecule has 5 fully saturated rings. The zero-order valence-electron chi connectivity index (χ0n) is 12.1. The zero-order valence-corrected chi connectivity index (χ0v) is 12.1. The number of nitrogens with one attached hydrogen (secondary N) is 1. The third-order valence-corrected chi connectivity index (χ3v) is 6.12. The molecule has 5 aliphatic rings. The van der Waals surface area contributed by atoms with Gasteiger partial charge >= 0.3 is 0 Å². The van der Waals surface area contributed by atoms with Crippen molar-refractivity contribution in [3.05, 3.63) is 0 Å². The van der Waals surface area contributed by atoms with Gasteiger partial charge in [0.25, 0.3) is 0 Å². The van der Waals surface area contributed by atoms with Crippen LogP contribution in [0.2, 0.25) is 0 Å². The Hall–Kier alpha value is -0.120. The monoisotopic (exact) mass is 264 g/mol. The Morgan fingerprint density at radius 3 is 2.53 bits per heavy atom. The van der Waals surface area contributed by atoms with Crippen LogP contribution in [0.15, 0.2) is 0 Å². The summed E-state index contributed by atoms with van der Waals surface area (Å²) in [5, 5.41) is 3.83. The highest BCUT2D eigenvalue weighted by Crippen LogP contribution is 2.43. The maximum Gasteiger partial charge on any atom is 0.0708 e. The standard InChI is InChI=1S/C16H28N2O/c1-2-7-16(6-1)8-3-14(19-16)11-17-15-12-18-9-4-13(15)5-10-18/h13-15,17H,1-12H2. The molecule has 5 rings (SSSR count). The summed E-state index contributed by atoms with van der Waals surface area (Å²) < 4.78 is 6.40. The third kappa shape index (κ3) is 2.45. The van der Waals surface area contributed by atoms with Crippen molar-refractivity contribution in [3.63, 3.8) is 0 Å². The summed E-state index contributed by atoms with van der Waals surface area (Å²) in [6, 6.07) is 0.742. The van der Waals surface area contributed by atoms with Crippen molar-refractivity contribution in [3.8, 4) is 0 Å². The minimum Gasteiger partial charge on any atom is -0.370 e. The first-order chi connectivity index (χ1) is 9.33. The van der Waals surface area contributed by atoms with Crippen LogP contribution in [0.4, 0.5) is 0 Å². The topological polar surface area (TPSA) is 24.5 Å². The van der Waals surface area contributed by atoms with Crippen molar-refractivity contribution in [2.75, 3.05) is 26.2 Å². The van der Waals surface area contributed by atoms with Gasteiger partial charge in [0.2, 0.25) is 0 Å². The van der Waals surface area contributed by atoms with Crippen LogP contribution in [-0.4, -0.2) is 48.8 Å². The Balaban J connectivity index is 1.27. The first kappa shape index (κ1) is 12.6. The summed E-state index contributed by atoms with van der Waals surface area (Å²) in [5.74, 6) is 0.937. The molecule has 2 unspecified atom stereocenters. The Morgan fingerprint density at radius 1 is 1.05 bits per heavy atom. The number of hydrogen-bond donors (Lipinski definition) is 1. The van der Waals surface area contributed by atoms with E-state index in [-0.39, 0.29) is 0 Å². The average molecular weight is 264 g/mol. The lowest BCUT2D eigenvalue weighted by Gasteiger charge is -2.45. The highest BCUT2D eigenvalue weighted by Gasteiger charge is 2.42. The van der Waals surface area contributed by atoms with Gasteiger partial charge in [-0.25, -0.2) is 0 Å². The summed E-state index contributed by atoms with van der Waals surface area (Å²) in [6.07, 6.45) is 11.3. The van der Waals surface area contributed by atoms with Crippen molar-refractivity contribution in [1.82, 2.24) is 10.2 Å². The second-order valence-corrected chi connectivity index (χ2v) is 7.32. The third-order valence-electron chi connectivity index (χ3n) is 6.12. The van der Waals surface area contributed by atoms with Gasteiger partial charge in [-0.05, 0) is 57.5 Å². The van der Waals surface area contributed by atoms with Crippen molar-refractivity contribution < 1.29 is 4.74 Å². The minimum absolute atomic E-state index is 0.307. The lowest BCUT2D eigenvalue weighted by molar-refractivity contribution is -0.0387. The molecule has 4 heterocycles. The molecule has 2 atom stereocenters. The molecule has 4 saturated heterocycles. The van der Waals surface area contributed by atoms with E-state index < -0.39 is 0 Å². The molecular weight excluding hydrogens is 236 g/mol. The molecule has 4 aliphatic heterocycles. The maximum absolute atomic E-state index is 6.40. The van der Waals surface area contributed by atoms with Gasteiger partial charge in [-0.15, -0.1) is 0 Å². The summed E-state index contributed by atoms with van der Waals surface area (Å²) in [6.45, 7) is 5.05. The molecule has 1 aliphatic carbocycles. The van der Waals surface area contributed by atoms with Gasteiger partial charge in [-0.2, -0.15) is 0 Å². The summed E-state index contributed by atoms with van der Waals surface area (Å²) in [5.41, 5.74) is 0.307. The van der Waals surface area contributed by atoms with Crippen LogP contribution in [0.5, 0.6) is 0 Å². The van der Waals surface area contributed by atoms with Crippen molar-refractivity contribution in [1.29, 1.82) is 0 Å². The van der Waals surface area contributed by atoms with E-state index in [9.17, 15) is 0 Å². The smallest absolute Gasteiger partial charge is 0.0708 e. The minimum atomic E-state index is 0.307. The SMILES string of the molecule is C1CCC2(C1)CCC(CNC1CN3CCC1CC3)O2. The van der Waals surface area contributed by atoms with Gasteiger partial charge in [0, 0.05) is 19.1 Å². The predicted molar refractivity (Wildman–Crippen MR) is 76.3 cm³/mol. The molecule has 3 nitrogen and oxygen atoms in total. The van der Waals surface area contributed by atoms with Crippen LogP contribution >= 0.6 is 0 Å². The quantitative estimate of drug-likeness (QED) is 0.845. The van der Waals surface area contributed by atoms with Gasteiger partial charge in [-0.1, -0.05) is 12.8 Å². The van der Waals surface area contributed by atoms with Crippen LogP contribution in [0.25, 0.3) is 0 Å². The fourth-order valence-electron chi connectivity index (χ4n) is 4.91. The van der Waals surface area contributed by atoms with E-state index in [4.69, 9.17) is 4.74 Å². The fourth-order valence-corrected chi connectivity index (χ4v) is 4.91. The molecule has 2 bridgehead atoms. The van der Waals surface area contributed by atoms with E-state index in [1.165, 1.54) is 71.0 Å². The van der Waals surface area contributed by atoms with E-state index in [0.717, 1.165) is 18.5 Å². The number of hydrogen-bond acceptors (Lipinski definition) is 3. The molecule has 19 heavy (non-hydrogen) atoms. The Morgan fingerprint density at radius 2 is 1.84 bits per heavy atom. The lowest BCUT2D eigenvalue weighted by Crippen LogP contribution is -2.57. The highest BCUT2D eigenvalue weighted by atomic mass is 16.5. The predicted octanol–water partition coefficient (Wildman–Crippen LogP) is 2.16. The van der Waals surface area contributed by atoms with Gasteiger partial charge in [-0.3, -0.25) is 0 Å². The maximum atomic E-state index is 6.40. The number of nitrogens with zero attached hydrogens (tertiary/aromatic N) is 1. The van der Waals surface area contributed by atoms with Gasteiger partial charge < -0.3 is 15.0 Å². The van der Waals surface area contributed by atoms with E-state index in [0.29, 0.717) is 11.7 Å². The van der Waals surface area contributed by atoms with Crippen molar-refractivity contribution in [2.45, 2.75) is 69.1 Å². The number of piperidine rings is 3. The van der Waals surface area contributed by atoms with E-state index >= 15 is 0 Å². The molecule has 1 N–H and O–H groups in total. The second-order valence-electron chi connectivity index (χ2n) is 7.32. The van der Waals surface area contributed by atoms with Crippen molar-refractivity contribution in [2.24, 2.45) is 5.92 Å². The molecule has 1 spiro atoms. The summed E-state index contributed by atoms with van der Waals surface area (Å²) >= 11 is 0. The fraction of sp³-hybridized carbons (Fsp3) is 1.00. The first-order valence-electron chi connectivity index (χ1n) is 8.47. The number of fused-ring (bicyclic) bond motifs is 3. The summed E-state index contributed by atoms with van der Waals surface area (Å²) in [7, 11) is 0. The van der Waals surface area contributed by atoms with Crippen molar-refractivity contribution >= 4 is 0 Å². The Bertz CT molecular complexity index is 319. The van der Waals surface area contributed by atoms with Crippen LogP contribution < -0.4 is 5.32 Å². The number of ether oxygens (including phenoxy) is 1. The Kier molecular flexibility index (Phi) is 3.33. The lowest BCUT2D eigenvalue weighted by atomic mass is 9.84. The van der Waals surface area contributed by atoms with E-state index in [2.05, 4.69) is 10.2 Å². The highest BCUT2D eigenvalue weighted by molar-refractivity contribution is 4.95. The Labute approximate surface area is 117 Å². The largest absolute Gasteiger partial charge is 0.370 e.